The van der Waals surface area contributed by atoms with Crippen molar-refractivity contribution in [3.63, 3.8) is 0 Å². The third-order valence-electron chi connectivity index (χ3n) is 13.5. The second-order valence-electron chi connectivity index (χ2n) is 16.6. The van der Waals surface area contributed by atoms with Crippen molar-refractivity contribution in [2.24, 2.45) is 0 Å². The fraction of sp³-hybridized carbons (Fsp3) is 0.0172. The maximum Gasteiger partial charge on any atom is 0.238 e. The van der Waals surface area contributed by atoms with Crippen LogP contribution in [0.2, 0.25) is 0 Å². The first-order valence-electron chi connectivity index (χ1n) is 21.4. The van der Waals surface area contributed by atoms with Gasteiger partial charge in [-0.25, -0.2) is 4.98 Å². The Hall–Kier alpha value is -8.41. The monoisotopic (exact) mass is 802 g/mol. The zero-order chi connectivity index (χ0) is 41.2. The average Bonchev–Trinajstić information content (AvgIpc) is 4.08. The average molecular weight is 803 g/mol. The zero-order valence-corrected chi connectivity index (χ0v) is 33.8. The highest BCUT2D eigenvalue weighted by Crippen LogP contribution is 2.64. The Balaban J connectivity index is 1.04. The molecule has 5 nitrogen and oxygen atoms in total. The predicted octanol–water partition coefficient (Wildman–Crippen LogP) is 14.2. The number of furan rings is 1. The van der Waals surface area contributed by atoms with E-state index in [1.165, 1.54) is 49.9 Å². The molecule has 0 amide bonds. The third-order valence-corrected chi connectivity index (χ3v) is 13.5. The fourth-order valence-corrected chi connectivity index (χ4v) is 11.0. The molecule has 0 N–H and O–H groups in total. The molecule has 0 fully saturated rings. The Morgan fingerprint density at radius 2 is 0.952 bits per heavy atom. The molecule has 0 aliphatic heterocycles. The van der Waals surface area contributed by atoms with Gasteiger partial charge in [-0.2, -0.15) is 9.97 Å². The molecule has 9 aromatic carbocycles. The molecule has 2 aliphatic carbocycles. The van der Waals surface area contributed by atoms with Crippen molar-refractivity contribution in [2.75, 3.05) is 0 Å². The number of rotatable bonds is 4. The van der Waals surface area contributed by atoms with Gasteiger partial charge in [-0.15, -0.1) is 0 Å². The minimum Gasteiger partial charge on any atom is -0.455 e. The molecular weight excluding hydrogens is 769 g/mol. The van der Waals surface area contributed by atoms with Gasteiger partial charge in [-0.05, 0) is 74.3 Å². The summed E-state index contributed by atoms with van der Waals surface area (Å²) in [7, 11) is 0. The van der Waals surface area contributed by atoms with Gasteiger partial charge in [0.05, 0.1) is 16.4 Å². The summed E-state index contributed by atoms with van der Waals surface area (Å²) < 4.78 is 8.97. The van der Waals surface area contributed by atoms with Crippen LogP contribution in [0.25, 0.3) is 106 Å². The Morgan fingerprint density at radius 1 is 0.381 bits per heavy atom. The number of hydrogen-bond acceptors (Lipinski definition) is 4. The number of fused-ring (bicyclic) bond motifs is 17. The van der Waals surface area contributed by atoms with Crippen molar-refractivity contribution in [3.8, 4) is 62.1 Å². The summed E-state index contributed by atoms with van der Waals surface area (Å²) in [5.41, 5.74) is 17.5. The molecule has 0 radical (unpaired) electrons. The predicted molar refractivity (Wildman–Crippen MR) is 254 cm³/mol. The summed E-state index contributed by atoms with van der Waals surface area (Å²) in [5, 5.41) is 4.47. The van der Waals surface area contributed by atoms with Crippen LogP contribution in [0.3, 0.4) is 0 Å². The van der Waals surface area contributed by atoms with Crippen LogP contribution >= 0.6 is 0 Å². The van der Waals surface area contributed by atoms with Gasteiger partial charge in [-0.1, -0.05) is 182 Å². The maximum atomic E-state index is 6.72. The van der Waals surface area contributed by atoms with E-state index in [9.17, 15) is 0 Å². The van der Waals surface area contributed by atoms with Crippen LogP contribution in [-0.4, -0.2) is 19.5 Å². The number of benzene rings is 9. The van der Waals surface area contributed by atoms with Crippen LogP contribution in [0, 0.1) is 0 Å². The molecular formula is C58H34N4O. The van der Waals surface area contributed by atoms with E-state index >= 15 is 0 Å². The van der Waals surface area contributed by atoms with Gasteiger partial charge in [0.1, 0.15) is 11.2 Å². The molecule has 0 unspecified atom stereocenters. The molecule has 292 valence electrons. The van der Waals surface area contributed by atoms with Gasteiger partial charge in [0.2, 0.25) is 5.95 Å². The lowest BCUT2D eigenvalue weighted by Crippen LogP contribution is -2.26. The minimum atomic E-state index is -0.518. The molecule has 0 atom stereocenters. The summed E-state index contributed by atoms with van der Waals surface area (Å²) in [6.45, 7) is 0. The summed E-state index contributed by atoms with van der Waals surface area (Å²) in [4.78, 5) is 15.9. The topological polar surface area (TPSA) is 56.7 Å². The lowest BCUT2D eigenvalue weighted by atomic mass is 9.69. The Labute approximate surface area is 362 Å². The van der Waals surface area contributed by atoms with Crippen LogP contribution in [0.1, 0.15) is 22.3 Å². The highest BCUT2D eigenvalue weighted by Gasteiger charge is 2.52. The van der Waals surface area contributed by atoms with Gasteiger partial charge in [0, 0.05) is 38.2 Å². The smallest absolute Gasteiger partial charge is 0.238 e. The van der Waals surface area contributed by atoms with Crippen LogP contribution in [0.4, 0.5) is 0 Å². The van der Waals surface area contributed by atoms with Crippen molar-refractivity contribution >= 4 is 43.7 Å². The molecule has 0 saturated heterocycles. The third kappa shape index (κ3) is 4.63. The molecule has 0 saturated carbocycles. The summed E-state index contributed by atoms with van der Waals surface area (Å²) in [6, 6.07) is 73.6. The van der Waals surface area contributed by atoms with E-state index in [-0.39, 0.29) is 0 Å². The first kappa shape index (κ1) is 34.3. The van der Waals surface area contributed by atoms with E-state index in [1.807, 2.05) is 24.3 Å². The largest absolute Gasteiger partial charge is 0.455 e. The van der Waals surface area contributed by atoms with E-state index in [0.717, 1.165) is 60.6 Å². The molecule has 2 aliphatic rings. The van der Waals surface area contributed by atoms with Crippen molar-refractivity contribution in [3.05, 3.63) is 229 Å². The van der Waals surface area contributed by atoms with Gasteiger partial charge in [0.15, 0.2) is 11.6 Å². The molecule has 0 bridgehead atoms. The van der Waals surface area contributed by atoms with Crippen molar-refractivity contribution in [2.45, 2.75) is 5.41 Å². The molecule has 3 aromatic heterocycles. The van der Waals surface area contributed by atoms with Crippen LogP contribution in [0.5, 0.6) is 0 Å². The van der Waals surface area contributed by atoms with E-state index < -0.39 is 5.41 Å². The maximum absolute atomic E-state index is 6.72. The van der Waals surface area contributed by atoms with Crippen molar-refractivity contribution in [1.29, 1.82) is 0 Å². The van der Waals surface area contributed by atoms with E-state index in [4.69, 9.17) is 19.4 Å². The SMILES string of the molecule is c1ccc(-c2nc(-c3ccc4c(c3)oc3c(-c5ccccc5)cccc34)nc(-n3c4ccccc4c4c5c(ccc43)-c3ccccc3C53c4ccccc4-c4ccccc43)n2)cc1. The molecule has 5 heteroatoms. The Morgan fingerprint density at radius 3 is 1.67 bits per heavy atom. The van der Waals surface area contributed by atoms with E-state index in [1.54, 1.807) is 0 Å². The number of aromatic nitrogens is 4. The van der Waals surface area contributed by atoms with Crippen molar-refractivity contribution in [1.82, 2.24) is 19.5 Å². The second-order valence-corrected chi connectivity index (χ2v) is 16.6. The molecule has 14 rings (SSSR count). The molecule has 12 aromatic rings. The number of hydrogen-bond donors (Lipinski definition) is 0. The summed E-state index contributed by atoms with van der Waals surface area (Å²) in [5.74, 6) is 1.72. The normalized spacial score (nSPS) is 13.2. The van der Waals surface area contributed by atoms with E-state index in [0.29, 0.717) is 17.6 Å². The van der Waals surface area contributed by atoms with Gasteiger partial charge >= 0.3 is 0 Å². The fourth-order valence-electron chi connectivity index (χ4n) is 11.0. The van der Waals surface area contributed by atoms with Gasteiger partial charge < -0.3 is 4.42 Å². The molecule has 1 spiro atoms. The van der Waals surface area contributed by atoms with E-state index in [2.05, 4.69) is 187 Å². The standard InChI is InChI=1S/C58H34N4O/c1-3-16-35(17-4-1)38-24-15-25-44-42-31-30-37(34-51(42)63-54(38)44)56-59-55(36-18-5-2-6-19-36)60-57(61-56)62-49-29-14-10-23-45(49)52-50(62)33-32-43-41-22-9-13-28-48(41)58(53(43)52)46-26-11-7-20-39(46)40-21-8-12-27-47(40)58/h1-34H. The zero-order valence-electron chi connectivity index (χ0n) is 33.8. The minimum absolute atomic E-state index is 0.518. The van der Waals surface area contributed by atoms with Crippen molar-refractivity contribution < 1.29 is 4.42 Å². The van der Waals surface area contributed by atoms with Gasteiger partial charge in [-0.3, -0.25) is 4.57 Å². The lowest BCUT2D eigenvalue weighted by Gasteiger charge is -2.31. The van der Waals surface area contributed by atoms with Gasteiger partial charge in [0.25, 0.3) is 0 Å². The highest BCUT2D eigenvalue weighted by molar-refractivity contribution is 6.16. The molecule has 3 heterocycles. The Bertz CT molecular complexity index is 3800. The lowest BCUT2D eigenvalue weighted by molar-refractivity contribution is 0.670. The first-order valence-corrected chi connectivity index (χ1v) is 21.4. The highest BCUT2D eigenvalue weighted by atomic mass is 16.3. The number of nitrogens with zero attached hydrogens (tertiary/aromatic N) is 4. The summed E-state index contributed by atoms with van der Waals surface area (Å²) >= 11 is 0. The van der Waals surface area contributed by atoms with Crippen LogP contribution < -0.4 is 0 Å². The Kier molecular flexibility index (Phi) is 6.97. The van der Waals surface area contributed by atoms with Crippen LogP contribution in [0.15, 0.2) is 211 Å². The quantitative estimate of drug-likeness (QED) is 0.178. The second kappa shape index (κ2) is 12.8. The summed E-state index contributed by atoms with van der Waals surface area (Å²) in [6.07, 6.45) is 0. The molecule has 63 heavy (non-hydrogen) atoms. The first-order chi connectivity index (χ1) is 31.3. The number of para-hydroxylation sites is 2. The van der Waals surface area contributed by atoms with Crippen LogP contribution in [-0.2, 0) is 5.41 Å².